The first-order valence-electron chi connectivity index (χ1n) is 9.46. The fourth-order valence-electron chi connectivity index (χ4n) is 3.50. The Labute approximate surface area is 165 Å². The van der Waals surface area contributed by atoms with E-state index in [4.69, 9.17) is 16.1 Å². The average Bonchev–Trinajstić information content (AvgIpc) is 2.98. The van der Waals surface area contributed by atoms with Crippen LogP contribution in [0.5, 0.6) is 0 Å². The zero-order valence-electron chi connectivity index (χ0n) is 16.2. The number of aromatic nitrogens is 1. The molecule has 0 aliphatic carbocycles. The fourth-order valence-corrected chi connectivity index (χ4v) is 3.67. The number of nitrogens with one attached hydrogen (secondary N) is 1. The molecule has 0 atom stereocenters. The second kappa shape index (κ2) is 8.76. The Kier molecular flexibility index (Phi) is 6.39. The maximum atomic E-state index is 12.5. The molecule has 27 heavy (non-hydrogen) atoms. The molecule has 0 bridgehead atoms. The van der Waals surface area contributed by atoms with Crippen molar-refractivity contribution in [2.45, 2.75) is 33.6 Å². The van der Waals surface area contributed by atoms with Gasteiger partial charge < -0.3 is 19.6 Å². The number of piperazine rings is 1. The Morgan fingerprint density at radius 1 is 1.26 bits per heavy atom. The van der Waals surface area contributed by atoms with Gasteiger partial charge in [-0.2, -0.15) is 0 Å². The van der Waals surface area contributed by atoms with Gasteiger partial charge in [-0.25, -0.2) is 0 Å². The van der Waals surface area contributed by atoms with Crippen molar-refractivity contribution in [2.75, 3.05) is 42.9 Å². The van der Waals surface area contributed by atoms with Gasteiger partial charge in [0, 0.05) is 43.2 Å². The molecule has 7 heteroatoms. The molecule has 1 aliphatic heterocycles. The number of anilines is 2. The van der Waals surface area contributed by atoms with Gasteiger partial charge in [-0.15, -0.1) is 0 Å². The molecule has 0 radical (unpaired) electrons. The number of hydrogen-bond acceptors (Lipinski definition) is 5. The first kappa shape index (κ1) is 19.7. The Balaban J connectivity index is 1.67. The molecule has 2 aromatic rings. The van der Waals surface area contributed by atoms with Gasteiger partial charge in [0.05, 0.1) is 17.1 Å². The van der Waals surface area contributed by atoms with E-state index in [-0.39, 0.29) is 5.91 Å². The topological polar surface area (TPSA) is 61.6 Å². The second-order valence-electron chi connectivity index (χ2n) is 6.93. The van der Waals surface area contributed by atoms with Crippen LogP contribution in [0.1, 0.15) is 30.4 Å². The number of aryl methyl sites for hydroxylation is 2. The number of hydrogen-bond donors (Lipinski definition) is 1. The number of amides is 1. The normalized spacial score (nSPS) is 15.2. The van der Waals surface area contributed by atoms with Crippen LogP contribution < -0.4 is 10.2 Å². The first-order chi connectivity index (χ1) is 13.0. The number of halogens is 1. The number of nitrogens with zero attached hydrogens (tertiary/aromatic N) is 3. The van der Waals surface area contributed by atoms with Crippen molar-refractivity contribution in [1.29, 1.82) is 0 Å². The van der Waals surface area contributed by atoms with E-state index in [1.54, 1.807) is 0 Å². The van der Waals surface area contributed by atoms with Crippen LogP contribution in [-0.2, 0) is 11.2 Å². The number of carbonyl (C=O) groups excluding carboxylic acids is 1. The van der Waals surface area contributed by atoms with Crippen molar-refractivity contribution < 1.29 is 9.32 Å². The third-order valence-electron chi connectivity index (χ3n) is 5.18. The Bertz CT molecular complexity index is 778. The summed E-state index contributed by atoms with van der Waals surface area (Å²) in [5.41, 5.74) is 3.65. The quantitative estimate of drug-likeness (QED) is 0.815. The van der Waals surface area contributed by atoms with Gasteiger partial charge in [-0.3, -0.25) is 4.79 Å². The minimum Gasteiger partial charge on any atom is -0.367 e. The largest absolute Gasteiger partial charge is 0.367 e. The summed E-state index contributed by atoms with van der Waals surface area (Å²) >= 11 is 6.19. The summed E-state index contributed by atoms with van der Waals surface area (Å²) in [5.74, 6) is 0.739. The van der Waals surface area contributed by atoms with E-state index < -0.39 is 0 Å². The van der Waals surface area contributed by atoms with Crippen LogP contribution in [0.25, 0.3) is 0 Å². The summed E-state index contributed by atoms with van der Waals surface area (Å²) in [5, 5.41) is 7.61. The van der Waals surface area contributed by atoms with Crippen molar-refractivity contribution in [1.82, 2.24) is 10.1 Å². The maximum Gasteiger partial charge on any atom is 0.224 e. The summed E-state index contributed by atoms with van der Waals surface area (Å²) in [6.07, 6.45) is 0.983. The summed E-state index contributed by atoms with van der Waals surface area (Å²) in [6.45, 7) is 11.0. The Morgan fingerprint density at radius 2 is 2.00 bits per heavy atom. The van der Waals surface area contributed by atoms with Crippen molar-refractivity contribution in [3.63, 3.8) is 0 Å². The van der Waals surface area contributed by atoms with Gasteiger partial charge in [-0.1, -0.05) is 23.7 Å². The van der Waals surface area contributed by atoms with E-state index in [1.807, 2.05) is 32.0 Å². The van der Waals surface area contributed by atoms with Crippen LogP contribution in [0.3, 0.4) is 0 Å². The van der Waals surface area contributed by atoms with E-state index in [2.05, 4.69) is 27.2 Å². The summed E-state index contributed by atoms with van der Waals surface area (Å²) in [7, 11) is 0. The summed E-state index contributed by atoms with van der Waals surface area (Å²) in [4.78, 5) is 17.3. The third kappa shape index (κ3) is 4.82. The molecule has 2 heterocycles. The smallest absolute Gasteiger partial charge is 0.224 e. The monoisotopic (exact) mass is 390 g/mol. The number of rotatable bonds is 6. The van der Waals surface area contributed by atoms with Crippen molar-refractivity contribution in [3.8, 4) is 0 Å². The lowest BCUT2D eigenvalue weighted by Crippen LogP contribution is -2.46. The average molecular weight is 391 g/mol. The number of benzene rings is 1. The fraction of sp³-hybridized carbons (Fsp3) is 0.500. The molecule has 1 fully saturated rings. The lowest BCUT2D eigenvalue weighted by Gasteiger charge is -2.36. The molecule has 1 saturated heterocycles. The lowest BCUT2D eigenvalue weighted by molar-refractivity contribution is -0.116. The molecule has 1 amide bonds. The van der Waals surface area contributed by atoms with Crippen LogP contribution in [0.15, 0.2) is 22.7 Å². The third-order valence-corrected chi connectivity index (χ3v) is 5.41. The van der Waals surface area contributed by atoms with Crippen molar-refractivity contribution >= 4 is 28.9 Å². The second-order valence-corrected chi connectivity index (χ2v) is 7.37. The SMILES string of the molecule is CCN1CCN(c2ccc(Cl)cc2NC(=O)CCc2c(C)noc2C)CC1. The van der Waals surface area contributed by atoms with E-state index in [0.29, 0.717) is 17.9 Å². The summed E-state index contributed by atoms with van der Waals surface area (Å²) in [6, 6.07) is 5.70. The Hall–Kier alpha value is -2.05. The molecule has 1 aromatic heterocycles. The zero-order valence-corrected chi connectivity index (χ0v) is 17.0. The van der Waals surface area contributed by atoms with E-state index in [1.165, 1.54) is 0 Å². The van der Waals surface area contributed by atoms with Gasteiger partial charge >= 0.3 is 0 Å². The van der Waals surface area contributed by atoms with Gasteiger partial charge in [0.1, 0.15) is 5.76 Å². The molecule has 1 aromatic carbocycles. The number of likely N-dealkylation sites (N-methyl/N-ethyl adjacent to an activating group) is 1. The molecule has 0 spiro atoms. The highest BCUT2D eigenvalue weighted by Gasteiger charge is 2.19. The zero-order chi connectivity index (χ0) is 19.4. The highest BCUT2D eigenvalue weighted by Crippen LogP contribution is 2.30. The minimum atomic E-state index is -0.0364. The molecule has 3 rings (SSSR count). The molecule has 0 unspecified atom stereocenters. The highest BCUT2D eigenvalue weighted by molar-refractivity contribution is 6.31. The van der Waals surface area contributed by atoms with Gasteiger partial charge in [0.25, 0.3) is 0 Å². The summed E-state index contributed by atoms with van der Waals surface area (Å²) < 4.78 is 5.17. The van der Waals surface area contributed by atoms with Crippen LogP contribution in [0.2, 0.25) is 5.02 Å². The van der Waals surface area contributed by atoms with Gasteiger partial charge in [0.2, 0.25) is 5.91 Å². The van der Waals surface area contributed by atoms with Crippen molar-refractivity contribution in [3.05, 3.63) is 40.2 Å². The standard InChI is InChI=1S/C20H27ClN4O2/c1-4-24-9-11-25(12-10-24)19-7-5-16(21)13-18(19)22-20(26)8-6-17-14(2)23-27-15(17)3/h5,7,13H,4,6,8-12H2,1-3H3,(H,22,26). The Morgan fingerprint density at radius 3 is 2.63 bits per heavy atom. The van der Waals surface area contributed by atoms with Gasteiger partial charge in [-0.05, 0) is 45.0 Å². The first-order valence-corrected chi connectivity index (χ1v) is 9.84. The van der Waals surface area contributed by atoms with Crippen LogP contribution >= 0.6 is 11.6 Å². The molecular formula is C20H27ClN4O2. The number of carbonyl (C=O) groups is 1. The lowest BCUT2D eigenvalue weighted by atomic mass is 10.1. The van der Waals surface area contributed by atoms with Crippen molar-refractivity contribution in [2.24, 2.45) is 0 Å². The van der Waals surface area contributed by atoms with E-state index in [9.17, 15) is 4.79 Å². The minimum absolute atomic E-state index is 0.0364. The highest BCUT2D eigenvalue weighted by atomic mass is 35.5. The maximum absolute atomic E-state index is 12.5. The molecule has 1 N–H and O–H groups in total. The molecular weight excluding hydrogens is 364 g/mol. The predicted octanol–water partition coefficient (Wildman–Crippen LogP) is 3.66. The molecule has 6 nitrogen and oxygen atoms in total. The van der Waals surface area contributed by atoms with Crippen LogP contribution in [0, 0.1) is 13.8 Å². The molecule has 1 aliphatic rings. The molecule has 146 valence electrons. The van der Waals surface area contributed by atoms with Crippen LogP contribution in [0.4, 0.5) is 11.4 Å². The molecule has 0 saturated carbocycles. The van der Waals surface area contributed by atoms with E-state index in [0.717, 1.165) is 61.1 Å². The van der Waals surface area contributed by atoms with E-state index >= 15 is 0 Å². The van der Waals surface area contributed by atoms with Crippen LogP contribution in [-0.4, -0.2) is 48.7 Å². The predicted molar refractivity (Wildman–Crippen MR) is 109 cm³/mol. The van der Waals surface area contributed by atoms with Gasteiger partial charge in [0.15, 0.2) is 0 Å².